The van der Waals surface area contributed by atoms with Crippen LogP contribution in [-0.4, -0.2) is 71.6 Å². The van der Waals surface area contributed by atoms with Crippen molar-refractivity contribution in [2.24, 2.45) is 0 Å². The van der Waals surface area contributed by atoms with E-state index in [0.717, 1.165) is 25.9 Å². The third kappa shape index (κ3) is 126. The summed E-state index contributed by atoms with van der Waals surface area (Å²) in [6, 6.07) is 0. The van der Waals surface area contributed by atoms with Crippen molar-refractivity contribution in [2.45, 2.75) is 100 Å². The molecule has 8 nitrogen and oxygen atoms in total. The minimum absolute atomic E-state index is 0.0625. The van der Waals surface area contributed by atoms with Crippen LogP contribution in [-0.2, 0) is 38.1 Å². The van der Waals surface area contributed by atoms with Crippen LogP contribution in [0.15, 0.2) is 0 Å². The number of carbonyl (C=O) groups is 4. The maximum atomic E-state index is 10.0. The molecule has 208 valence electrons. The molecule has 0 saturated heterocycles. The van der Waals surface area contributed by atoms with Crippen molar-refractivity contribution in [3.05, 3.63) is 0 Å². The molecule has 0 atom stereocenters. The monoisotopic (exact) mass is 496 g/mol. The summed E-state index contributed by atoms with van der Waals surface area (Å²) in [6.45, 7) is 15.9. The van der Waals surface area contributed by atoms with Gasteiger partial charge < -0.3 is 23.7 Å². The third-order valence-electron chi connectivity index (χ3n) is 2.80. The number of ketones is 4. The highest BCUT2D eigenvalue weighted by molar-refractivity contribution is 5.96. The second kappa shape index (κ2) is 48.8. The number of rotatable bonds is 12. The van der Waals surface area contributed by atoms with Crippen molar-refractivity contribution in [1.82, 2.24) is 0 Å². The van der Waals surface area contributed by atoms with Crippen molar-refractivity contribution in [1.29, 1.82) is 0 Å². The average Bonchev–Trinajstić information content (AvgIpc) is 2.71. The lowest BCUT2D eigenvalue weighted by Crippen LogP contribution is -1.98. The molecule has 0 amide bonds. The van der Waals surface area contributed by atoms with Crippen LogP contribution >= 0.6 is 0 Å². The molecule has 0 aromatic heterocycles. The molecule has 0 aliphatic rings. The van der Waals surface area contributed by atoms with Gasteiger partial charge in [-0.3, -0.25) is 14.4 Å². The number of carbonyl (C=O) groups excluding carboxylic acids is 4. The summed E-state index contributed by atoms with van der Waals surface area (Å²) in [5, 5.41) is 0. The Hall–Kier alpha value is -1.48. The number of methoxy groups -OCH3 is 4. The van der Waals surface area contributed by atoms with E-state index in [9.17, 15) is 19.2 Å². The van der Waals surface area contributed by atoms with E-state index in [1.165, 1.54) is 47.1 Å². The number of hydrogen-bond acceptors (Lipinski definition) is 8. The van der Waals surface area contributed by atoms with Gasteiger partial charge in [-0.1, -0.05) is 47.0 Å². The van der Waals surface area contributed by atoms with Gasteiger partial charge in [0.1, 0.15) is 30.7 Å². The van der Waals surface area contributed by atoms with E-state index in [0.29, 0.717) is 6.79 Å². The van der Waals surface area contributed by atoms with Gasteiger partial charge in [0.2, 0.25) is 0 Å². The first-order valence-corrected chi connectivity index (χ1v) is 11.8. The lowest BCUT2D eigenvalue weighted by Gasteiger charge is -1.87. The van der Waals surface area contributed by atoms with E-state index < -0.39 is 0 Å². The van der Waals surface area contributed by atoms with Crippen molar-refractivity contribution in [2.75, 3.05) is 48.4 Å². The quantitative estimate of drug-likeness (QED) is 0.253. The molecule has 0 unspecified atom stereocenters. The number of unbranched alkanes of at least 4 members (excludes halogenated alkanes) is 2. The van der Waals surface area contributed by atoms with Gasteiger partial charge in [-0.2, -0.15) is 0 Å². The molecular formula is C26H56O8. The molecule has 0 saturated carbocycles. The fourth-order valence-corrected chi connectivity index (χ4v) is 1.58. The van der Waals surface area contributed by atoms with Gasteiger partial charge in [0.15, 0.2) is 5.78 Å². The summed E-state index contributed by atoms with van der Waals surface area (Å²) in [7, 11) is 6.39. The van der Waals surface area contributed by atoms with Gasteiger partial charge >= 0.3 is 0 Å². The molecule has 0 aromatic carbocycles. The highest BCUT2D eigenvalue weighted by Crippen LogP contribution is 1.88. The first-order valence-electron chi connectivity index (χ1n) is 11.8. The van der Waals surface area contributed by atoms with Crippen molar-refractivity contribution < 1.29 is 38.1 Å². The Morgan fingerprint density at radius 1 is 0.529 bits per heavy atom. The third-order valence-corrected chi connectivity index (χ3v) is 2.80. The second-order valence-electron chi connectivity index (χ2n) is 7.21. The van der Waals surface area contributed by atoms with Crippen molar-refractivity contribution in [3.8, 4) is 0 Å². The molecule has 0 radical (unpaired) electrons. The zero-order valence-electron chi connectivity index (χ0n) is 24.3. The van der Waals surface area contributed by atoms with E-state index in [2.05, 4.69) is 35.0 Å². The molecule has 0 N–H and O–H groups in total. The summed E-state index contributed by atoms with van der Waals surface area (Å²) >= 11 is 0. The fourth-order valence-electron chi connectivity index (χ4n) is 1.58. The molecular weight excluding hydrogens is 440 g/mol. The van der Waals surface area contributed by atoms with Crippen LogP contribution in [0.3, 0.4) is 0 Å². The molecule has 0 rings (SSSR count). The molecule has 0 aliphatic heterocycles. The predicted octanol–water partition coefficient (Wildman–Crippen LogP) is 5.63. The van der Waals surface area contributed by atoms with E-state index in [1.807, 2.05) is 6.92 Å². The first-order chi connectivity index (χ1) is 15.9. The molecule has 0 fully saturated rings. The predicted molar refractivity (Wildman–Crippen MR) is 140 cm³/mol. The molecule has 0 heterocycles. The number of Topliss-reactive ketones (excluding diaryl/α,β-unsaturated/α-hetero) is 4. The summed E-state index contributed by atoms with van der Waals surface area (Å²) < 4.78 is 18.1. The minimum atomic E-state index is -0.0625. The van der Waals surface area contributed by atoms with Gasteiger partial charge in [-0.25, -0.2) is 0 Å². The van der Waals surface area contributed by atoms with Crippen LogP contribution in [0.1, 0.15) is 100 Å². The lowest BCUT2D eigenvalue weighted by molar-refractivity contribution is -0.125. The molecule has 34 heavy (non-hydrogen) atoms. The SMILES string of the molecule is CC(=O)CC(C)=O.CCCC(C)=O.CCCCC.CCCOC.COCC(C)=O.COCOC. The number of hydrogen-bond donors (Lipinski definition) is 0. The van der Waals surface area contributed by atoms with Gasteiger partial charge in [0, 0.05) is 41.5 Å². The molecule has 0 aromatic rings. The zero-order chi connectivity index (χ0) is 28.2. The Bertz CT molecular complexity index is 361. The summed E-state index contributed by atoms with van der Waals surface area (Å²) in [5.41, 5.74) is 0. The first kappa shape index (κ1) is 45.9. The van der Waals surface area contributed by atoms with Crippen LogP contribution < -0.4 is 0 Å². The molecule has 0 spiro atoms. The Balaban J connectivity index is -0.0000000695. The fraction of sp³-hybridized carbons (Fsp3) is 0.846. The van der Waals surface area contributed by atoms with E-state index in [4.69, 9.17) is 4.74 Å². The standard InChI is InChI=1S/C5H8O2.C5H10O.C5H12.C4H8O2.C4H10O.C3H8O2/c1-4(6)3-5(2)7;1-3-4-5(2)6;1-3-5-4-2;1-4(5)3-6-2;1-3-4-5-2;1-4-3-5-2/h3H2,1-2H3;3-4H2,1-2H3;3-5H2,1-2H3;3H2,1-2H3;3-4H2,1-2H3;3H2,1-2H3. The van der Waals surface area contributed by atoms with Crippen LogP contribution in [0.25, 0.3) is 0 Å². The Labute approximate surface area is 210 Å². The van der Waals surface area contributed by atoms with Crippen LogP contribution in [0.4, 0.5) is 0 Å². The van der Waals surface area contributed by atoms with Gasteiger partial charge in [-0.15, -0.1) is 0 Å². The Morgan fingerprint density at radius 3 is 0.971 bits per heavy atom. The lowest BCUT2D eigenvalue weighted by atomic mass is 10.2. The second-order valence-corrected chi connectivity index (χ2v) is 7.21. The van der Waals surface area contributed by atoms with E-state index in [1.54, 1.807) is 28.3 Å². The van der Waals surface area contributed by atoms with Crippen LogP contribution in [0.5, 0.6) is 0 Å². The zero-order valence-corrected chi connectivity index (χ0v) is 24.3. The molecule has 8 heteroatoms. The normalized spacial score (nSPS) is 8.35. The average molecular weight is 497 g/mol. The maximum Gasteiger partial charge on any atom is 0.155 e. The van der Waals surface area contributed by atoms with Crippen molar-refractivity contribution >= 4 is 23.1 Å². The minimum Gasteiger partial charge on any atom is -0.385 e. The summed E-state index contributed by atoms with van der Waals surface area (Å²) in [6.07, 6.45) is 7.00. The highest BCUT2D eigenvalue weighted by Gasteiger charge is 1.94. The van der Waals surface area contributed by atoms with Crippen LogP contribution in [0.2, 0.25) is 0 Å². The van der Waals surface area contributed by atoms with E-state index >= 15 is 0 Å². The highest BCUT2D eigenvalue weighted by atomic mass is 16.6. The largest absolute Gasteiger partial charge is 0.385 e. The maximum absolute atomic E-state index is 10.0. The van der Waals surface area contributed by atoms with Crippen LogP contribution in [0, 0.1) is 0 Å². The van der Waals surface area contributed by atoms with E-state index in [-0.39, 0.29) is 36.2 Å². The summed E-state index contributed by atoms with van der Waals surface area (Å²) in [4.78, 5) is 40.0. The Morgan fingerprint density at radius 2 is 0.971 bits per heavy atom. The molecule has 0 aliphatic carbocycles. The van der Waals surface area contributed by atoms with Gasteiger partial charge in [0.25, 0.3) is 0 Å². The summed E-state index contributed by atoms with van der Waals surface area (Å²) in [5.74, 6) is 0.231. The van der Waals surface area contributed by atoms with Crippen molar-refractivity contribution in [3.63, 3.8) is 0 Å². The van der Waals surface area contributed by atoms with Gasteiger partial charge in [-0.05, 0) is 40.5 Å². The van der Waals surface area contributed by atoms with Gasteiger partial charge in [0.05, 0.1) is 6.42 Å². The molecule has 0 bridgehead atoms. The Kier molecular flexibility index (Phi) is 66.0. The number of ether oxygens (including phenoxy) is 4. The topological polar surface area (TPSA) is 105 Å². The smallest absolute Gasteiger partial charge is 0.155 e.